The van der Waals surface area contributed by atoms with Crippen LogP contribution in [0.1, 0.15) is 16.7 Å². The third-order valence-electron chi connectivity index (χ3n) is 3.44. The second kappa shape index (κ2) is 5.75. The van der Waals surface area contributed by atoms with Gasteiger partial charge in [-0.15, -0.1) is 0 Å². The molecule has 2 aromatic rings. The van der Waals surface area contributed by atoms with Crippen molar-refractivity contribution in [3.05, 3.63) is 71.3 Å². The molecule has 0 radical (unpaired) electrons. The van der Waals surface area contributed by atoms with Crippen LogP contribution < -0.4 is 0 Å². The highest BCUT2D eigenvalue weighted by atomic mass is 19.4. The molecule has 0 fully saturated rings. The Hall–Kier alpha value is -2.43. The van der Waals surface area contributed by atoms with Crippen molar-refractivity contribution < 1.29 is 13.2 Å². The molecule has 0 spiro atoms. The third kappa shape index (κ3) is 3.08. The second-order valence-electron chi connectivity index (χ2n) is 5.02. The molecule has 1 atom stereocenters. The van der Waals surface area contributed by atoms with E-state index in [-0.39, 0.29) is 18.0 Å². The average molecular weight is 302 g/mol. The smallest absolute Gasteiger partial charge is 0.257 e. The minimum Gasteiger partial charge on any atom is -0.257 e. The number of rotatable bonds is 3. The van der Waals surface area contributed by atoms with Crippen molar-refractivity contribution in [2.24, 2.45) is 9.98 Å². The van der Waals surface area contributed by atoms with Crippen LogP contribution in [0.5, 0.6) is 0 Å². The van der Waals surface area contributed by atoms with Gasteiger partial charge in [0.15, 0.2) is 5.84 Å². The molecule has 0 N–H and O–H groups in total. The van der Waals surface area contributed by atoms with E-state index in [0.717, 1.165) is 11.6 Å². The predicted molar refractivity (Wildman–Crippen MR) is 80.4 cm³/mol. The molecule has 2 nitrogen and oxygen atoms in total. The van der Waals surface area contributed by atoms with Crippen LogP contribution in [0.25, 0.3) is 0 Å². The lowest BCUT2D eigenvalue weighted by Crippen LogP contribution is -2.14. The Morgan fingerprint density at radius 3 is 2.32 bits per heavy atom. The maximum absolute atomic E-state index is 13.0. The molecule has 1 unspecified atom stereocenters. The van der Waals surface area contributed by atoms with Crippen LogP contribution in [0.15, 0.2) is 64.6 Å². The summed E-state index contributed by atoms with van der Waals surface area (Å²) in [6, 6.07) is 14.6. The van der Waals surface area contributed by atoms with Crippen LogP contribution in [0.2, 0.25) is 0 Å². The van der Waals surface area contributed by atoms with Crippen molar-refractivity contribution in [3.63, 3.8) is 0 Å². The van der Waals surface area contributed by atoms with Gasteiger partial charge in [-0.2, -0.15) is 13.2 Å². The van der Waals surface area contributed by atoms with E-state index in [1.807, 2.05) is 30.3 Å². The number of nitrogens with zero attached hydrogens (tertiary/aromatic N) is 2. The lowest BCUT2D eigenvalue weighted by molar-refractivity contribution is -0.138. The number of amidine groups is 1. The fourth-order valence-electron chi connectivity index (χ4n) is 2.42. The van der Waals surface area contributed by atoms with Gasteiger partial charge in [0.25, 0.3) is 0 Å². The molecular formula is C17H13F3N2. The first-order chi connectivity index (χ1) is 10.5. The molecule has 0 saturated heterocycles. The standard InChI is InChI=1S/C17H13F3N2/c18-17(19,20)15-9-5-4-8-13(15)10-14-11-21-16(22-14)12-6-2-1-3-7-12/h1-9,11,14H,10H2. The second-order valence-corrected chi connectivity index (χ2v) is 5.02. The molecule has 3 rings (SSSR count). The van der Waals surface area contributed by atoms with Crippen molar-refractivity contribution >= 4 is 12.1 Å². The van der Waals surface area contributed by atoms with Crippen LogP contribution in [0.4, 0.5) is 13.2 Å². The van der Waals surface area contributed by atoms with Crippen molar-refractivity contribution in [3.8, 4) is 0 Å². The molecule has 1 heterocycles. The van der Waals surface area contributed by atoms with Gasteiger partial charge < -0.3 is 0 Å². The highest BCUT2D eigenvalue weighted by Crippen LogP contribution is 2.32. The van der Waals surface area contributed by atoms with Crippen molar-refractivity contribution in [2.75, 3.05) is 0 Å². The fourth-order valence-corrected chi connectivity index (χ4v) is 2.42. The lowest BCUT2D eigenvalue weighted by Gasteiger charge is -2.13. The van der Waals surface area contributed by atoms with Gasteiger partial charge in [0.05, 0.1) is 11.6 Å². The predicted octanol–water partition coefficient (Wildman–Crippen LogP) is 4.15. The van der Waals surface area contributed by atoms with Crippen LogP contribution in [0.3, 0.4) is 0 Å². The van der Waals surface area contributed by atoms with Gasteiger partial charge in [0.1, 0.15) is 0 Å². The minimum atomic E-state index is -4.35. The maximum atomic E-state index is 13.0. The Labute approximate surface area is 126 Å². The third-order valence-corrected chi connectivity index (χ3v) is 3.44. The zero-order valence-electron chi connectivity index (χ0n) is 11.6. The zero-order chi connectivity index (χ0) is 15.6. The molecule has 0 saturated carbocycles. The van der Waals surface area contributed by atoms with Crippen LogP contribution in [-0.2, 0) is 12.6 Å². The summed E-state index contributed by atoms with van der Waals surface area (Å²) in [4.78, 5) is 8.62. The molecule has 0 aromatic heterocycles. The lowest BCUT2D eigenvalue weighted by atomic mass is 10.0. The molecule has 5 heteroatoms. The van der Waals surface area contributed by atoms with E-state index in [2.05, 4.69) is 9.98 Å². The molecule has 1 aliphatic heterocycles. The number of hydrogen-bond acceptors (Lipinski definition) is 2. The Balaban J connectivity index is 1.82. The van der Waals surface area contributed by atoms with Gasteiger partial charge in [-0.1, -0.05) is 48.5 Å². The number of halogens is 3. The van der Waals surface area contributed by atoms with Crippen LogP contribution in [-0.4, -0.2) is 18.1 Å². The zero-order valence-corrected chi connectivity index (χ0v) is 11.6. The van der Waals surface area contributed by atoms with E-state index in [4.69, 9.17) is 0 Å². The first-order valence-electron chi connectivity index (χ1n) is 6.86. The SMILES string of the molecule is FC(F)(F)c1ccccc1CC1C=NC(c2ccccc2)=N1. The van der Waals surface area contributed by atoms with E-state index < -0.39 is 11.7 Å². The molecule has 2 aromatic carbocycles. The molecule has 0 bridgehead atoms. The monoisotopic (exact) mass is 302 g/mol. The summed E-state index contributed by atoms with van der Waals surface area (Å²) in [5.41, 5.74) is 0.502. The largest absolute Gasteiger partial charge is 0.416 e. The highest BCUT2D eigenvalue weighted by Gasteiger charge is 2.33. The average Bonchev–Trinajstić information content (AvgIpc) is 2.96. The molecule has 112 valence electrons. The van der Waals surface area contributed by atoms with Gasteiger partial charge >= 0.3 is 6.18 Å². The summed E-state index contributed by atoms with van der Waals surface area (Å²) in [5.74, 6) is 0.565. The Bertz CT molecular complexity index is 718. The number of aliphatic imine (C=N–C) groups is 2. The maximum Gasteiger partial charge on any atom is 0.416 e. The Morgan fingerprint density at radius 2 is 1.59 bits per heavy atom. The van der Waals surface area contributed by atoms with Gasteiger partial charge in [-0.05, 0) is 11.6 Å². The number of benzene rings is 2. The van der Waals surface area contributed by atoms with E-state index in [1.165, 1.54) is 12.1 Å². The summed E-state index contributed by atoms with van der Waals surface area (Å²) < 4.78 is 39.0. The van der Waals surface area contributed by atoms with E-state index >= 15 is 0 Å². The number of hydrogen-bond donors (Lipinski definition) is 0. The van der Waals surface area contributed by atoms with Gasteiger partial charge in [0, 0.05) is 18.2 Å². The fraction of sp³-hybridized carbons (Fsp3) is 0.176. The Morgan fingerprint density at radius 1 is 0.909 bits per heavy atom. The van der Waals surface area contributed by atoms with Crippen molar-refractivity contribution in [1.29, 1.82) is 0 Å². The topological polar surface area (TPSA) is 24.7 Å². The summed E-state index contributed by atoms with van der Waals surface area (Å²) in [7, 11) is 0. The summed E-state index contributed by atoms with van der Waals surface area (Å²) in [6.07, 6.45) is -2.55. The van der Waals surface area contributed by atoms with Crippen molar-refractivity contribution in [1.82, 2.24) is 0 Å². The van der Waals surface area contributed by atoms with Crippen LogP contribution in [0, 0.1) is 0 Å². The molecule has 1 aliphatic rings. The molecule has 0 aliphatic carbocycles. The molecule has 22 heavy (non-hydrogen) atoms. The van der Waals surface area contributed by atoms with Gasteiger partial charge in [-0.25, -0.2) is 4.99 Å². The minimum absolute atomic E-state index is 0.190. The highest BCUT2D eigenvalue weighted by molar-refractivity contribution is 6.07. The van der Waals surface area contributed by atoms with E-state index in [9.17, 15) is 13.2 Å². The number of alkyl halides is 3. The Kier molecular flexibility index (Phi) is 3.79. The van der Waals surface area contributed by atoms with Gasteiger partial charge in [0.2, 0.25) is 0 Å². The first kappa shape index (κ1) is 14.5. The normalized spacial score (nSPS) is 17.6. The molecular weight excluding hydrogens is 289 g/mol. The van der Waals surface area contributed by atoms with E-state index in [0.29, 0.717) is 5.84 Å². The summed E-state index contributed by atoms with van der Waals surface area (Å²) >= 11 is 0. The first-order valence-corrected chi connectivity index (χ1v) is 6.86. The quantitative estimate of drug-likeness (QED) is 0.814. The molecule has 0 amide bonds. The van der Waals surface area contributed by atoms with Crippen LogP contribution >= 0.6 is 0 Å². The van der Waals surface area contributed by atoms with E-state index in [1.54, 1.807) is 12.3 Å². The van der Waals surface area contributed by atoms with Crippen molar-refractivity contribution in [2.45, 2.75) is 18.6 Å². The summed E-state index contributed by atoms with van der Waals surface area (Å²) in [5, 5.41) is 0. The summed E-state index contributed by atoms with van der Waals surface area (Å²) in [6.45, 7) is 0. The van der Waals surface area contributed by atoms with Gasteiger partial charge in [-0.3, -0.25) is 4.99 Å².